The molecule has 1 aromatic rings. The van der Waals surface area contributed by atoms with Gasteiger partial charge in [-0.2, -0.15) is 0 Å². The van der Waals surface area contributed by atoms with E-state index in [9.17, 15) is 0 Å². The van der Waals surface area contributed by atoms with Gasteiger partial charge in [0.1, 0.15) is 5.82 Å². The predicted molar refractivity (Wildman–Crippen MR) is 48.4 cm³/mol. The molecule has 1 rings (SSSR count). The molecule has 0 radical (unpaired) electrons. The largest absolute Gasteiger partial charge is 0.321 e. The molecule has 0 aliphatic heterocycles. The van der Waals surface area contributed by atoms with Gasteiger partial charge in [-0.25, -0.2) is 9.97 Å². The summed E-state index contributed by atoms with van der Waals surface area (Å²) in [5, 5.41) is 0. The predicted octanol–water partition coefficient (Wildman–Crippen LogP) is 1.52. The van der Waals surface area contributed by atoms with E-state index < -0.39 is 0 Å². The maximum atomic E-state index is 5.87. The van der Waals surface area contributed by atoms with Crippen molar-refractivity contribution in [1.29, 1.82) is 0 Å². The summed E-state index contributed by atoms with van der Waals surface area (Å²) in [7, 11) is 0. The lowest BCUT2D eigenvalue weighted by Gasteiger charge is -2.11. The Balaban J connectivity index is 2.59. The third-order valence-electron chi connectivity index (χ3n) is 1.64. The van der Waals surface area contributed by atoms with Crippen molar-refractivity contribution < 1.29 is 0 Å². The summed E-state index contributed by atoms with van der Waals surface area (Å²) in [5.74, 6) is 1.33. The van der Waals surface area contributed by atoms with Crippen LogP contribution in [0.25, 0.3) is 0 Å². The molecule has 1 aromatic heterocycles. The fourth-order valence-corrected chi connectivity index (χ4v) is 1.12. The molecule has 12 heavy (non-hydrogen) atoms. The van der Waals surface area contributed by atoms with Crippen LogP contribution < -0.4 is 5.73 Å². The normalized spacial score (nSPS) is 13.3. The zero-order valence-electron chi connectivity index (χ0n) is 7.57. The molecule has 1 atom stereocenters. The Morgan fingerprint density at radius 3 is 2.42 bits per heavy atom. The SMILES string of the molecule is CC(C)CC(N)c1ncccn1. The number of hydrogen-bond acceptors (Lipinski definition) is 3. The van der Waals surface area contributed by atoms with Gasteiger partial charge in [-0.15, -0.1) is 0 Å². The second kappa shape index (κ2) is 4.16. The van der Waals surface area contributed by atoms with Crippen molar-refractivity contribution in [3.63, 3.8) is 0 Å². The summed E-state index contributed by atoms with van der Waals surface area (Å²) < 4.78 is 0. The van der Waals surface area contributed by atoms with Crippen LogP contribution in [0, 0.1) is 5.92 Å². The van der Waals surface area contributed by atoms with Gasteiger partial charge >= 0.3 is 0 Å². The van der Waals surface area contributed by atoms with E-state index in [0.29, 0.717) is 5.92 Å². The average Bonchev–Trinajstić information content (AvgIpc) is 2.05. The first kappa shape index (κ1) is 9.13. The van der Waals surface area contributed by atoms with Crippen molar-refractivity contribution >= 4 is 0 Å². The summed E-state index contributed by atoms with van der Waals surface area (Å²) in [6, 6.07) is 1.78. The van der Waals surface area contributed by atoms with E-state index in [2.05, 4.69) is 23.8 Å². The van der Waals surface area contributed by atoms with Crippen LogP contribution in [0.1, 0.15) is 32.1 Å². The van der Waals surface area contributed by atoms with Crippen LogP contribution in [0.2, 0.25) is 0 Å². The van der Waals surface area contributed by atoms with Gasteiger partial charge in [0.25, 0.3) is 0 Å². The lowest BCUT2D eigenvalue weighted by atomic mass is 10.0. The quantitative estimate of drug-likeness (QED) is 0.738. The van der Waals surface area contributed by atoms with E-state index in [1.165, 1.54) is 0 Å². The number of nitrogens with two attached hydrogens (primary N) is 1. The number of hydrogen-bond donors (Lipinski definition) is 1. The van der Waals surface area contributed by atoms with Gasteiger partial charge in [-0.1, -0.05) is 13.8 Å². The molecule has 1 heterocycles. The Morgan fingerprint density at radius 2 is 1.92 bits per heavy atom. The van der Waals surface area contributed by atoms with E-state index in [0.717, 1.165) is 12.2 Å². The van der Waals surface area contributed by atoms with Crippen LogP contribution in [0.15, 0.2) is 18.5 Å². The molecule has 0 aliphatic carbocycles. The lowest BCUT2D eigenvalue weighted by molar-refractivity contribution is 0.493. The van der Waals surface area contributed by atoms with E-state index in [1.807, 2.05) is 0 Å². The zero-order valence-corrected chi connectivity index (χ0v) is 7.57. The number of rotatable bonds is 3. The van der Waals surface area contributed by atoms with Crippen LogP contribution in [0.4, 0.5) is 0 Å². The minimum atomic E-state index is -0.0220. The van der Waals surface area contributed by atoms with Gasteiger partial charge in [0.05, 0.1) is 6.04 Å². The smallest absolute Gasteiger partial charge is 0.144 e. The molecular weight excluding hydrogens is 150 g/mol. The second-order valence-corrected chi connectivity index (χ2v) is 3.34. The van der Waals surface area contributed by atoms with Crippen molar-refractivity contribution in [3.05, 3.63) is 24.3 Å². The maximum Gasteiger partial charge on any atom is 0.144 e. The highest BCUT2D eigenvalue weighted by Crippen LogP contribution is 2.13. The Bertz CT molecular complexity index is 220. The van der Waals surface area contributed by atoms with Crippen LogP contribution in [0.5, 0.6) is 0 Å². The van der Waals surface area contributed by atoms with Crippen LogP contribution in [-0.4, -0.2) is 9.97 Å². The first-order valence-corrected chi connectivity index (χ1v) is 4.22. The fourth-order valence-electron chi connectivity index (χ4n) is 1.12. The third-order valence-corrected chi connectivity index (χ3v) is 1.64. The molecule has 0 aromatic carbocycles. The monoisotopic (exact) mass is 165 g/mol. The first-order chi connectivity index (χ1) is 5.70. The van der Waals surface area contributed by atoms with Crippen LogP contribution in [-0.2, 0) is 0 Å². The minimum absolute atomic E-state index is 0.0220. The average molecular weight is 165 g/mol. The van der Waals surface area contributed by atoms with E-state index in [1.54, 1.807) is 18.5 Å². The molecule has 1 unspecified atom stereocenters. The number of aromatic nitrogens is 2. The van der Waals surface area contributed by atoms with Gasteiger partial charge in [0.15, 0.2) is 0 Å². The van der Waals surface area contributed by atoms with Gasteiger partial charge in [-0.05, 0) is 18.4 Å². The van der Waals surface area contributed by atoms with Crippen LogP contribution in [0.3, 0.4) is 0 Å². The third kappa shape index (κ3) is 2.58. The number of nitrogens with zero attached hydrogens (tertiary/aromatic N) is 2. The topological polar surface area (TPSA) is 51.8 Å². The van der Waals surface area contributed by atoms with Crippen LogP contribution >= 0.6 is 0 Å². The Morgan fingerprint density at radius 1 is 1.33 bits per heavy atom. The molecule has 66 valence electrons. The molecule has 0 fully saturated rings. The summed E-state index contributed by atoms with van der Waals surface area (Å²) in [6.45, 7) is 4.28. The fraction of sp³-hybridized carbons (Fsp3) is 0.556. The van der Waals surface area contributed by atoms with E-state index in [-0.39, 0.29) is 6.04 Å². The van der Waals surface area contributed by atoms with Crippen molar-refractivity contribution in [1.82, 2.24) is 9.97 Å². The molecule has 0 saturated carbocycles. The van der Waals surface area contributed by atoms with Crippen molar-refractivity contribution in [2.24, 2.45) is 11.7 Å². The summed E-state index contributed by atoms with van der Waals surface area (Å²) >= 11 is 0. The molecule has 0 amide bonds. The van der Waals surface area contributed by atoms with E-state index >= 15 is 0 Å². The summed E-state index contributed by atoms with van der Waals surface area (Å²) in [4.78, 5) is 8.19. The van der Waals surface area contributed by atoms with Crippen molar-refractivity contribution in [2.75, 3.05) is 0 Å². The van der Waals surface area contributed by atoms with Gasteiger partial charge in [0.2, 0.25) is 0 Å². The van der Waals surface area contributed by atoms with Gasteiger partial charge < -0.3 is 5.73 Å². The van der Waals surface area contributed by atoms with Crippen molar-refractivity contribution in [2.45, 2.75) is 26.3 Å². The maximum absolute atomic E-state index is 5.87. The Kier molecular flexibility index (Phi) is 3.17. The molecule has 3 heteroatoms. The molecule has 0 saturated heterocycles. The molecule has 0 spiro atoms. The van der Waals surface area contributed by atoms with Gasteiger partial charge in [0, 0.05) is 12.4 Å². The summed E-state index contributed by atoms with van der Waals surface area (Å²) in [5.41, 5.74) is 5.87. The molecule has 0 bridgehead atoms. The highest BCUT2D eigenvalue weighted by atomic mass is 14.9. The van der Waals surface area contributed by atoms with Crippen molar-refractivity contribution in [3.8, 4) is 0 Å². The zero-order chi connectivity index (χ0) is 8.97. The molecule has 3 nitrogen and oxygen atoms in total. The standard InChI is InChI=1S/C9H15N3/c1-7(2)6-8(10)9-11-4-3-5-12-9/h3-5,7-8H,6,10H2,1-2H3. The highest BCUT2D eigenvalue weighted by molar-refractivity contribution is 4.94. The van der Waals surface area contributed by atoms with Gasteiger partial charge in [-0.3, -0.25) is 0 Å². The lowest BCUT2D eigenvalue weighted by Crippen LogP contribution is -2.15. The molecule has 0 aliphatic rings. The minimum Gasteiger partial charge on any atom is -0.321 e. The summed E-state index contributed by atoms with van der Waals surface area (Å²) in [6.07, 6.45) is 4.38. The second-order valence-electron chi connectivity index (χ2n) is 3.34. The molecule has 2 N–H and O–H groups in total. The Hall–Kier alpha value is -0.960. The highest BCUT2D eigenvalue weighted by Gasteiger charge is 2.09. The first-order valence-electron chi connectivity index (χ1n) is 4.22. The Labute approximate surface area is 73.0 Å². The molecular formula is C9H15N3. The van der Waals surface area contributed by atoms with E-state index in [4.69, 9.17) is 5.73 Å².